The summed E-state index contributed by atoms with van der Waals surface area (Å²) in [5, 5.41) is 9.31. The molecule has 3 heterocycles. The van der Waals surface area contributed by atoms with Gasteiger partial charge in [-0.05, 0) is 30.2 Å². The first-order chi connectivity index (χ1) is 12.7. The quantitative estimate of drug-likeness (QED) is 0.408. The molecule has 0 amide bonds. The van der Waals surface area contributed by atoms with Gasteiger partial charge in [0.15, 0.2) is 5.82 Å². The third-order valence-corrected chi connectivity index (χ3v) is 5.58. The first-order valence-corrected chi connectivity index (χ1v) is 9.19. The van der Waals surface area contributed by atoms with Crippen molar-refractivity contribution in [2.45, 2.75) is 13.5 Å². The predicted octanol–water partition coefficient (Wildman–Crippen LogP) is 6.00. The van der Waals surface area contributed by atoms with Gasteiger partial charge >= 0.3 is 0 Å². The summed E-state index contributed by atoms with van der Waals surface area (Å²) < 4.78 is 0.912. The summed E-state index contributed by atoms with van der Waals surface area (Å²) in [6.07, 6.45) is 5.04. The lowest BCUT2D eigenvalue weighted by atomic mass is 10.1. The molecule has 4 rings (SSSR count). The van der Waals surface area contributed by atoms with E-state index in [1.807, 2.05) is 43.3 Å². The zero-order valence-corrected chi connectivity index (χ0v) is 15.5. The second kappa shape index (κ2) is 7.27. The van der Waals surface area contributed by atoms with Gasteiger partial charge < -0.3 is 0 Å². The third-order valence-electron chi connectivity index (χ3n) is 3.94. The fraction of sp³-hybridized carbons (Fsp3) is 0.105. The molecular formula is C19H14ClN5S. The molecule has 0 unspecified atom stereocenters. The van der Waals surface area contributed by atoms with Gasteiger partial charge in [-0.15, -0.1) is 16.5 Å². The fourth-order valence-electron chi connectivity index (χ4n) is 2.66. The van der Waals surface area contributed by atoms with Gasteiger partial charge in [0.1, 0.15) is 11.0 Å². The van der Waals surface area contributed by atoms with Crippen molar-refractivity contribution >= 4 is 39.0 Å². The van der Waals surface area contributed by atoms with Crippen LogP contribution in [0.3, 0.4) is 0 Å². The van der Waals surface area contributed by atoms with Crippen molar-refractivity contribution < 1.29 is 0 Å². The number of aromatic nitrogens is 3. The fourth-order valence-corrected chi connectivity index (χ4v) is 4.18. The summed E-state index contributed by atoms with van der Waals surface area (Å²) in [6, 6.07) is 11.6. The molecular weight excluding hydrogens is 366 g/mol. The van der Waals surface area contributed by atoms with Gasteiger partial charge in [-0.2, -0.15) is 5.11 Å². The average molecular weight is 380 g/mol. The third kappa shape index (κ3) is 3.21. The monoisotopic (exact) mass is 379 g/mol. The van der Waals surface area contributed by atoms with Crippen molar-refractivity contribution in [2.75, 3.05) is 0 Å². The molecule has 26 heavy (non-hydrogen) atoms. The molecule has 0 aliphatic carbocycles. The molecule has 0 atom stereocenters. The highest BCUT2D eigenvalue weighted by Gasteiger charge is 2.16. The Hall–Kier alpha value is -2.70. The molecule has 0 saturated carbocycles. The van der Waals surface area contributed by atoms with Crippen LogP contribution in [0.5, 0.6) is 0 Å². The van der Waals surface area contributed by atoms with Gasteiger partial charge in [0, 0.05) is 27.9 Å². The highest BCUT2D eigenvalue weighted by molar-refractivity contribution is 7.23. The molecule has 0 aliphatic rings. The minimum absolute atomic E-state index is 0.459. The Morgan fingerprint density at radius 1 is 1.12 bits per heavy atom. The SMILES string of the molecule is Cc1c(-c2ccccc2Cl)sc2c(N=NCc3cccnc3)ncnc12. The highest BCUT2D eigenvalue weighted by Crippen LogP contribution is 2.42. The second-order valence-corrected chi connectivity index (χ2v) is 7.10. The molecule has 7 heteroatoms. The Balaban J connectivity index is 1.73. The van der Waals surface area contributed by atoms with Crippen molar-refractivity contribution in [3.05, 3.63) is 71.3 Å². The van der Waals surface area contributed by atoms with Crippen LogP contribution < -0.4 is 0 Å². The van der Waals surface area contributed by atoms with Crippen LogP contribution >= 0.6 is 22.9 Å². The number of pyridine rings is 1. The molecule has 3 aromatic heterocycles. The van der Waals surface area contributed by atoms with Gasteiger partial charge in [-0.1, -0.05) is 35.9 Å². The van der Waals surface area contributed by atoms with E-state index in [1.54, 1.807) is 23.7 Å². The molecule has 0 radical (unpaired) electrons. The van der Waals surface area contributed by atoms with Crippen LogP contribution in [0.15, 0.2) is 65.3 Å². The molecule has 5 nitrogen and oxygen atoms in total. The lowest BCUT2D eigenvalue weighted by molar-refractivity contribution is 0.939. The summed E-state index contributed by atoms with van der Waals surface area (Å²) in [4.78, 5) is 13.9. The van der Waals surface area contributed by atoms with Crippen LogP contribution in [0.1, 0.15) is 11.1 Å². The van der Waals surface area contributed by atoms with Crippen molar-refractivity contribution in [3.63, 3.8) is 0 Å². The number of aryl methyl sites for hydroxylation is 1. The molecule has 0 aliphatic heterocycles. The smallest absolute Gasteiger partial charge is 0.195 e. The number of fused-ring (bicyclic) bond motifs is 1. The number of hydrogen-bond acceptors (Lipinski definition) is 6. The molecule has 0 N–H and O–H groups in total. The molecule has 0 spiro atoms. The molecule has 1 aromatic carbocycles. The Kier molecular flexibility index (Phi) is 4.69. The Labute approximate surface area is 159 Å². The van der Waals surface area contributed by atoms with Crippen LogP contribution in [0.2, 0.25) is 5.02 Å². The Morgan fingerprint density at radius 3 is 2.81 bits per heavy atom. The van der Waals surface area contributed by atoms with E-state index in [2.05, 4.69) is 25.2 Å². The zero-order chi connectivity index (χ0) is 17.9. The van der Waals surface area contributed by atoms with E-state index in [0.717, 1.165) is 36.8 Å². The number of nitrogens with zero attached hydrogens (tertiary/aromatic N) is 5. The molecule has 128 valence electrons. The van der Waals surface area contributed by atoms with E-state index in [9.17, 15) is 0 Å². The normalized spacial score (nSPS) is 11.5. The van der Waals surface area contributed by atoms with Crippen LogP contribution in [-0.2, 0) is 6.54 Å². The minimum Gasteiger partial charge on any atom is -0.264 e. The first kappa shape index (κ1) is 16.8. The molecule has 4 aromatic rings. The van der Waals surface area contributed by atoms with Gasteiger partial charge in [0.2, 0.25) is 0 Å². The molecule has 0 saturated heterocycles. The maximum Gasteiger partial charge on any atom is 0.195 e. The summed E-state index contributed by atoms with van der Waals surface area (Å²) in [5.74, 6) is 0.574. The second-order valence-electron chi connectivity index (χ2n) is 5.67. The van der Waals surface area contributed by atoms with E-state index < -0.39 is 0 Å². The van der Waals surface area contributed by atoms with E-state index >= 15 is 0 Å². The molecule has 0 bridgehead atoms. The van der Waals surface area contributed by atoms with E-state index in [1.165, 1.54) is 6.33 Å². The predicted molar refractivity (Wildman–Crippen MR) is 105 cm³/mol. The van der Waals surface area contributed by atoms with Gasteiger partial charge in [0.05, 0.1) is 12.1 Å². The number of hydrogen-bond donors (Lipinski definition) is 0. The number of halogens is 1. The average Bonchev–Trinajstić information content (AvgIpc) is 3.01. The lowest BCUT2D eigenvalue weighted by Crippen LogP contribution is -1.83. The summed E-state index contributed by atoms with van der Waals surface area (Å²) in [5.41, 5.74) is 3.95. The molecule has 0 fully saturated rings. The van der Waals surface area contributed by atoms with Gasteiger partial charge in [-0.25, -0.2) is 9.97 Å². The number of azo groups is 1. The van der Waals surface area contributed by atoms with Crippen LogP contribution in [0.4, 0.5) is 5.82 Å². The summed E-state index contributed by atoms with van der Waals surface area (Å²) >= 11 is 7.96. The standard InChI is InChI=1S/C19H14ClN5S/c1-12-16-18(26-17(12)14-6-2-3-7-15(14)20)19(23-11-22-16)25-24-10-13-5-4-8-21-9-13/h2-9,11H,10H2,1H3. The lowest BCUT2D eigenvalue weighted by Gasteiger charge is -2.01. The largest absolute Gasteiger partial charge is 0.264 e. The van der Waals surface area contributed by atoms with Crippen LogP contribution in [0, 0.1) is 6.92 Å². The van der Waals surface area contributed by atoms with Crippen molar-refractivity contribution in [1.29, 1.82) is 0 Å². The number of benzene rings is 1. The number of thiophene rings is 1. The highest BCUT2D eigenvalue weighted by atomic mass is 35.5. The van der Waals surface area contributed by atoms with E-state index in [-0.39, 0.29) is 0 Å². The van der Waals surface area contributed by atoms with Gasteiger partial charge in [-0.3, -0.25) is 4.98 Å². The maximum atomic E-state index is 6.37. The van der Waals surface area contributed by atoms with Crippen LogP contribution in [0.25, 0.3) is 20.7 Å². The topological polar surface area (TPSA) is 63.4 Å². The van der Waals surface area contributed by atoms with E-state index in [0.29, 0.717) is 12.4 Å². The Morgan fingerprint density at radius 2 is 2.00 bits per heavy atom. The van der Waals surface area contributed by atoms with Crippen molar-refractivity contribution in [3.8, 4) is 10.4 Å². The Bertz CT molecular complexity index is 1090. The minimum atomic E-state index is 0.459. The number of rotatable bonds is 4. The van der Waals surface area contributed by atoms with Crippen molar-refractivity contribution in [1.82, 2.24) is 15.0 Å². The summed E-state index contributed by atoms with van der Waals surface area (Å²) in [7, 11) is 0. The van der Waals surface area contributed by atoms with Crippen molar-refractivity contribution in [2.24, 2.45) is 10.2 Å². The maximum absolute atomic E-state index is 6.37. The first-order valence-electron chi connectivity index (χ1n) is 7.99. The van der Waals surface area contributed by atoms with Gasteiger partial charge in [0.25, 0.3) is 0 Å². The summed E-state index contributed by atoms with van der Waals surface area (Å²) in [6.45, 7) is 2.50. The van der Waals surface area contributed by atoms with E-state index in [4.69, 9.17) is 11.6 Å². The van der Waals surface area contributed by atoms with Crippen LogP contribution in [-0.4, -0.2) is 15.0 Å². The zero-order valence-electron chi connectivity index (χ0n) is 13.9.